The minimum Gasteiger partial charge on any atom is -0.493 e. The number of anilines is 1. The zero-order valence-electron chi connectivity index (χ0n) is 16.5. The second-order valence-electron chi connectivity index (χ2n) is 6.95. The standard InChI is InChI=1S/C22H26N2O4/c1-14(16-9-8-15-6-4-5-7-17(15)12-16)23-21(25)22(26)24-18-10-11-19(27-2)20(13-18)28-3/h8-14H,4-7H2,1-3H3,(H,23,25)(H,24,26). The van der Waals surface area contributed by atoms with E-state index >= 15 is 0 Å². The number of nitrogens with one attached hydrogen (secondary N) is 2. The molecule has 1 atom stereocenters. The number of fused-ring (bicyclic) bond motifs is 1. The lowest BCUT2D eigenvalue weighted by Crippen LogP contribution is -2.37. The van der Waals surface area contributed by atoms with Gasteiger partial charge in [0.25, 0.3) is 0 Å². The molecule has 0 spiro atoms. The number of rotatable bonds is 5. The van der Waals surface area contributed by atoms with Gasteiger partial charge in [0.15, 0.2) is 11.5 Å². The third-order valence-corrected chi connectivity index (χ3v) is 5.07. The van der Waals surface area contributed by atoms with E-state index in [1.807, 2.05) is 13.0 Å². The first-order valence-corrected chi connectivity index (χ1v) is 9.47. The Morgan fingerprint density at radius 2 is 1.61 bits per heavy atom. The van der Waals surface area contributed by atoms with Gasteiger partial charge in [-0.2, -0.15) is 0 Å². The monoisotopic (exact) mass is 382 g/mol. The van der Waals surface area contributed by atoms with Crippen LogP contribution in [0.1, 0.15) is 42.5 Å². The first-order valence-electron chi connectivity index (χ1n) is 9.47. The van der Waals surface area contributed by atoms with Crippen molar-refractivity contribution in [3.05, 3.63) is 53.1 Å². The van der Waals surface area contributed by atoms with E-state index in [1.54, 1.807) is 18.2 Å². The molecule has 1 unspecified atom stereocenters. The van der Waals surface area contributed by atoms with Crippen molar-refractivity contribution in [3.63, 3.8) is 0 Å². The smallest absolute Gasteiger partial charge is 0.313 e. The van der Waals surface area contributed by atoms with Gasteiger partial charge in [-0.3, -0.25) is 9.59 Å². The average Bonchev–Trinajstić information content (AvgIpc) is 2.73. The number of aryl methyl sites for hydroxylation is 2. The molecule has 0 fully saturated rings. The highest BCUT2D eigenvalue weighted by molar-refractivity contribution is 6.39. The molecule has 2 N–H and O–H groups in total. The normalized spacial score (nSPS) is 13.8. The van der Waals surface area contributed by atoms with Crippen molar-refractivity contribution in [1.29, 1.82) is 0 Å². The number of carbonyl (C=O) groups excluding carboxylic acids is 2. The topological polar surface area (TPSA) is 76.7 Å². The van der Waals surface area contributed by atoms with Crippen LogP contribution in [0.15, 0.2) is 36.4 Å². The number of amides is 2. The van der Waals surface area contributed by atoms with Gasteiger partial charge in [0.2, 0.25) is 0 Å². The second-order valence-corrected chi connectivity index (χ2v) is 6.95. The fourth-order valence-corrected chi connectivity index (χ4v) is 3.47. The van der Waals surface area contributed by atoms with E-state index in [0.717, 1.165) is 18.4 Å². The molecule has 2 aromatic rings. The van der Waals surface area contributed by atoms with Gasteiger partial charge in [-0.25, -0.2) is 0 Å². The first-order chi connectivity index (χ1) is 13.5. The van der Waals surface area contributed by atoms with E-state index in [4.69, 9.17) is 9.47 Å². The number of carbonyl (C=O) groups is 2. The van der Waals surface area contributed by atoms with E-state index in [2.05, 4.69) is 22.8 Å². The zero-order chi connectivity index (χ0) is 20.1. The van der Waals surface area contributed by atoms with Crippen LogP contribution in [0.4, 0.5) is 5.69 Å². The van der Waals surface area contributed by atoms with Gasteiger partial charge in [-0.1, -0.05) is 18.2 Å². The van der Waals surface area contributed by atoms with Crippen LogP contribution < -0.4 is 20.1 Å². The van der Waals surface area contributed by atoms with E-state index in [-0.39, 0.29) is 6.04 Å². The van der Waals surface area contributed by atoms with E-state index < -0.39 is 11.8 Å². The highest BCUT2D eigenvalue weighted by Gasteiger charge is 2.19. The molecule has 3 rings (SSSR count). The van der Waals surface area contributed by atoms with Crippen LogP contribution in [-0.2, 0) is 22.4 Å². The summed E-state index contributed by atoms with van der Waals surface area (Å²) in [5, 5.41) is 5.36. The molecule has 28 heavy (non-hydrogen) atoms. The molecule has 0 heterocycles. The van der Waals surface area contributed by atoms with Gasteiger partial charge in [0.05, 0.1) is 20.3 Å². The summed E-state index contributed by atoms with van der Waals surface area (Å²) in [4.78, 5) is 24.6. The Hall–Kier alpha value is -3.02. The lowest BCUT2D eigenvalue weighted by molar-refractivity contribution is -0.136. The van der Waals surface area contributed by atoms with Crippen LogP contribution in [0.2, 0.25) is 0 Å². The molecule has 0 radical (unpaired) electrons. The SMILES string of the molecule is COc1ccc(NC(=O)C(=O)NC(C)c2ccc3c(c2)CCCC3)cc1OC. The molecule has 0 saturated heterocycles. The minimum absolute atomic E-state index is 0.254. The molecule has 0 aromatic heterocycles. The summed E-state index contributed by atoms with van der Waals surface area (Å²) in [6.45, 7) is 1.88. The summed E-state index contributed by atoms with van der Waals surface area (Å²) in [5.74, 6) is -0.383. The van der Waals surface area contributed by atoms with Crippen LogP contribution in [0, 0.1) is 0 Å². The maximum atomic E-state index is 12.3. The van der Waals surface area contributed by atoms with Gasteiger partial charge in [0, 0.05) is 11.8 Å². The molecular formula is C22H26N2O4. The van der Waals surface area contributed by atoms with Gasteiger partial charge in [-0.15, -0.1) is 0 Å². The summed E-state index contributed by atoms with van der Waals surface area (Å²) in [6.07, 6.45) is 4.62. The van der Waals surface area contributed by atoms with Crippen molar-refractivity contribution >= 4 is 17.5 Å². The third-order valence-electron chi connectivity index (χ3n) is 5.07. The Morgan fingerprint density at radius 3 is 2.32 bits per heavy atom. The molecule has 1 aliphatic carbocycles. The fourth-order valence-electron chi connectivity index (χ4n) is 3.47. The van der Waals surface area contributed by atoms with Crippen LogP contribution in [0.5, 0.6) is 11.5 Å². The molecule has 148 valence electrons. The van der Waals surface area contributed by atoms with Gasteiger partial charge < -0.3 is 20.1 Å². The lowest BCUT2D eigenvalue weighted by Gasteiger charge is -2.20. The van der Waals surface area contributed by atoms with E-state index in [0.29, 0.717) is 17.2 Å². The number of ether oxygens (including phenoxy) is 2. The van der Waals surface area contributed by atoms with Crippen molar-refractivity contribution in [2.75, 3.05) is 19.5 Å². The predicted molar refractivity (Wildman–Crippen MR) is 108 cm³/mol. The van der Waals surface area contributed by atoms with E-state index in [1.165, 1.54) is 38.2 Å². The molecule has 0 saturated carbocycles. The summed E-state index contributed by atoms with van der Waals surface area (Å²) in [7, 11) is 3.04. The maximum absolute atomic E-state index is 12.3. The average molecular weight is 382 g/mol. The lowest BCUT2D eigenvalue weighted by atomic mass is 9.89. The van der Waals surface area contributed by atoms with Crippen molar-refractivity contribution in [1.82, 2.24) is 5.32 Å². The number of hydrogen-bond acceptors (Lipinski definition) is 4. The Bertz CT molecular complexity index is 879. The molecule has 0 aliphatic heterocycles. The zero-order valence-corrected chi connectivity index (χ0v) is 16.5. The molecular weight excluding hydrogens is 356 g/mol. The summed E-state index contributed by atoms with van der Waals surface area (Å²) in [6, 6.07) is 11.0. The maximum Gasteiger partial charge on any atom is 0.313 e. The fraction of sp³-hybridized carbons (Fsp3) is 0.364. The van der Waals surface area contributed by atoms with Gasteiger partial charge >= 0.3 is 11.8 Å². The molecule has 1 aliphatic rings. The minimum atomic E-state index is -0.725. The largest absolute Gasteiger partial charge is 0.493 e. The van der Waals surface area contributed by atoms with E-state index in [9.17, 15) is 9.59 Å². The van der Waals surface area contributed by atoms with Crippen LogP contribution >= 0.6 is 0 Å². The Balaban J connectivity index is 1.63. The molecule has 0 bridgehead atoms. The van der Waals surface area contributed by atoms with Gasteiger partial charge in [0.1, 0.15) is 0 Å². The number of hydrogen-bond donors (Lipinski definition) is 2. The van der Waals surface area contributed by atoms with Crippen LogP contribution in [0.3, 0.4) is 0 Å². The quantitative estimate of drug-likeness (QED) is 0.777. The predicted octanol–water partition coefficient (Wildman–Crippen LogP) is 3.40. The summed E-state index contributed by atoms with van der Waals surface area (Å²) >= 11 is 0. The molecule has 6 nitrogen and oxygen atoms in total. The van der Waals surface area contributed by atoms with Gasteiger partial charge in [-0.05, 0) is 61.4 Å². The Labute approximate surface area is 165 Å². The van der Waals surface area contributed by atoms with Crippen molar-refractivity contribution in [2.45, 2.75) is 38.6 Å². The van der Waals surface area contributed by atoms with Crippen molar-refractivity contribution in [3.8, 4) is 11.5 Å². The summed E-state index contributed by atoms with van der Waals surface area (Å²) in [5.41, 5.74) is 4.20. The molecule has 2 aromatic carbocycles. The highest BCUT2D eigenvalue weighted by Crippen LogP contribution is 2.29. The van der Waals surface area contributed by atoms with Crippen molar-refractivity contribution < 1.29 is 19.1 Å². The second kappa shape index (κ2) is 8.78. The highest BCUT2D eigenvalue weighted by atomic mass is 16.5. The Morgan fingerprint density at radius 1 is 0.893 bits per heavy atom. The number of methoxy groups -OCH3 is 2. The summed E-state index contributed by atoms with van der Waals surface area (Å²) < 4.78 is 10.4. The number of benzene rings is 2. The third kappa shape index (κ3) is 4.44. The van der Waals surface area contributed by atoms with Crippen molar-refractivity contribution in [2.24, 2.45) is 0 Å². The molecule has 2 amide bonds. The first kappa shape index (κ1) is 19.7. The van der Waals surface area contributed by atoms with Crippen LogP contribution in [0.25, 0.3) is 0 Å². The van der Waals surface area contributed by atoms with Crippen LogP contribution in [-0.4, -0.2) is 26.0 Å². The molecule has 6 heteroatoms. The Kier molecular flexibility index (Phi) is 6.19.